The molecular formula is C19H21N3O4S2. The first-order valence-corrected chi connectivity index (χ1v) is 11.1. The number of carbonyl (C=O) groups is 3. The summed E-state index contributed by atoms with van der Waals surface area (Å²) in [5.74, 6) is -0.636. The molecule has 1 N–H and O–H groups in total. The van der Waals surface area contributed by atoms with E-state index >= 15 is 0 Å². The SMILES string of the molecule is CCCC(NC(=O)c1csc(-c2cccs2)n1)C(=O)N1CCC2OCC(=O)C21. The van der Waals surface area contributed by atoms with Crippen molar-refractivity contribution in [3.63, 3.8) is 0 Å². The van der Waals surface area contributed by atoms with Crippen molar-refractivity contribution in [1.82, 2.24) is 15.2 Å². The van der Waals surface area contributed by atoms with E-state index in [1.54, 1.807) is 21.6 Å². The molecule has 2 amide bonds. The minimum absolute atomic E-state index is 0.0579. The first kappa shape index (κ1) is 19.2. The Labute approximate surface area is 170 Å². The number of fused-ring (bicyclic) bond motifs is 1. The molecule has 7 nitrogen and oxygen atoms in total. The number of aromatic nitrogens is 1. The number of nitrogens with zero attached hydrogens (tertiary/aromatic N) is 2. The summed E-state index contributed by atoms with van der Waals surface area (Å²) >= 11 is 2.97. The molecule has 2 saturated heterocycles. The van der Waals surface area contributed by atoms with Gasteiger partial charge in [0.15, 0.2) is 5.78 Å². The molecule has 2 aliphatic rings. The van der Waals surface area contributed by atoms with Crippen molar-refractivity contribution >= 4 is 40.3 Å². The maximum atomic E-state index is 13.1. The number of hydrogen-bond donors (Lipinski definition) is 1. The van der Waals surface area contributed by atoms with Crippen LogP contribution in [-0.4, -0.2) is 58.8 Å². The number of amides is 2. The van der Waals surface area contributed by atoms with E-state index in [1.807, 2.05) is 24.4 Å². The molecule has 0 bridgehead atoms. The van der Waals surface area contributed by atoms with Gasteiger partial charge < -0.3 is 15.0 Å². The molecule has 2 aromatic heterocycles. The van der Waals surface area contributed by atoms with Gasteiger partial charge in [-0.1, -0.05) is 19.4 Å². The third-order valence-corrected chi connectivity index (χ3v) is 6.93. The zero-order valence-electron chi connectivity index (χ0n) is 15.4. The number of likely N-dealkylation sites (tertiary alicyclic amines) is 1. The molecule has 0 spiro atoms. The molecule has 2 aromatic rings. The second-order valence-electron chi connectivity index (χ2n) is 6.91. The third-order valence-electron chi connectivity index (χ3n) is 5.04. The number of rotatable bonds is 6. The summed E-state index contributed by atoms with van der Waals surface area (Å²) < 4.78 is 5.46. The summed E-state index contributed by atoms with van der Waals surface area (Å²) in [5.41, 5.74) is 0.307. The normalized spacial score (nSPS) is 22.3. The van der Waals surface area contributed by atoms with Crippen molar-refractivity contribution in [2.45, 2.75) is 44.4 Å². The second kappa shape index (κ2) is 8.10. The molecule has 4 rings (SSSR count). The topological polar surface area (TPSA) is 88.6 Å². The molecule has 2 aliphatic heterocycles. The van der Waals surface area contributed by atoms with Crippen LogP contribution in [-0.2, 0) is 14.3 Å². The van der Waals surface area contributed by atoms with Crippen LogP contribution in [0.2, 0.25) is 0 Å². The van der Waals surface area contributed by atoms with Crippen LogP contribution in [0.15, 0.2) is 22.9 Å². The molecule has 4 heterocycles. The zero-order chi connectivity index (χ0) is 19.7. The lowest BCUT2D eigenvalue weighted by molar-refractivity contribution is -0.138. The van der Waals surface area contributed by atoms with E-state index in [-0.39, 0.29) is 30.3 Å². The van der Waals surface area contributed by atoms with Crippen molar-refractivity contribution < 1.29 is 19.1 Å². The number of nitrogens with one attached hydrogen (secondary N) is 1. The van der Waals surface area contributed by atoms with E-state index in [0.717, 1.165) is 16.3 Å². The molecule has 0 aromatic carbocycles. The van der Waals surface area contributed by atoms with Gasteiger partial charge >= 0.3 is 0 Å². The Morgan fingerprint density at radius 3 is 3.04 bits per heavy atom. The highest BCUT2D eigenvalue weighted by Crippen LogP contribution is 2.29. The van der Waals surface area contributed by atoms with Crippen LogP contribution in [0.5, 0.6) is 0 Å². The average molecular weight is 420 g/mol. The predicted octanol–water partition coefficient (Wildman–Crippen LogP) is 2.34. The van der Waals surface area contributed by atoms with Gasteiger partial charge in [-0.25, -0.2) is 4.98 Å². The molecule has 0 saturated carbocycles. The van der Waals surface area contributed by atoms with E-state index in [4.69, 9.17) is 4.74 Å². The van der Waals surface area contributed by atoms with Gasteiger partial charge in [-0.05, 0) is 24.3 Å². The highest BCUT2D eigenvalue weighted by Gasteiger charge is 2.47. The lowest BCUT2D eigenvalue weighted by Crippen LogP contribution is -2.52. The van der Waals surface area contributed by atoms with Gasteiger partial charge in [0.1, 0.15) is 29.4 Å². The van der Waals surface area contributed by atoms with E-state index in [9.17, 15) is 14.4 Å². The molecule has 2 fully saturated rings. The minimum Gasteiger partial charge on any atom is -0.368 e. The van der Waals surface area contributed by atoms with Crippen LogP contribution in [0.4, 0.5) is 0 Å². The fourth-order valence-electron chi connectivity index (χ4n) is 3.71. The Balaban J connectivity index is 1.47. The Kier molecular flexibility index (Phi) is 5.56. The first-order valence-electron chi connectivity index (χ1n) is 9.33. The lowest BCUT2D eigenvalue weighted by Gasteiger charge is -2.27. The summed E-state index contributed by atoms with van der Waals surface area (Å²) in [5, 5.41) is 7.28. The van der Waals surface area contributed by atoms with Crippen LogP contribution in [0, 0.1) is 0 Å². The van der Waals surface area contributed by atoms with Gasteiger partial charge in [-0.15, -0.1) is 22.7 Å². The number of ketones is 1. The number of Topliss-reactive ketones (excluding diaryl/α,β-unsaturated/α-hetero) is 1. The first-order chi connectivity index (χ1) is 13.6. The number of ether oxygens (including phenoxy) is 1. The van der Waals surface area contributed by atoms with Crippen LogP contribution >= 0.6 is 22.7 Å². The minimum atomic E-state index is -0.670. The van der Waals surface area contributed by atoms with Gasteiger partial charge in [0.05, 0.1) is 11.0 Å². The Bertz CT molecular complexity index is 880. The Morgan fingerprint density at radius 1 is 1.43 bits per heavy atom. The average Bonchev–Trinajstić information content (AvgIpc) is 3.45. The molecule has 28 heavy (non-hydrogen) atoms. The zero-order valence-corrected chi connectivity index (χ0v) is 17.1. The van der Waals surface area contributed by atoms with Crippen LogP contribution in [0.25, 0.3) is 9.88 Å². The van der Waals surface area contributed by atoms with Crippen molar-refractivity contribution in [2.75, 3.05) is 13.2 Å². The standard InChI is InChI=1S/C19H21N3O4S2/c1-2-4-11(19(25)22-7-6-14-16(22)13(23)9-26-14)20-17(24)12-10-28-18(21-12)15-5-3-8-27-15/h3,5,8,10-11,14,16H,2,4,6-7,9H2,1H3,(H,20,24). The highest BCUT2D eigenvalue weighted by atomic mass is 32.1. The molecule has 0 radical (unpaired) electrons. The van der Waals surface area contributed by atoms with Gasteiger partial charge in [0.25, 0.3) is 5.91 Å². The van der Waals surface area contributed by atoms with E-state index in [2.05, 4.69) is 10.3 Å². The second-order valence-corrected chi connectivity index (χ2v) is 8.72. The largest absolute Gasteiger partial charge is 0.368 e. The van der Waals surface area contributed by atoms with Crippen LogP contribution in [0.1, 0.15) is 36.7 Å². The van der Waals surface area contributed by atoms with Gasteiger partial charge in [-0.3, -0.25) is 14.4 Å². The van der Waals surface area contributed by atoms with E-state index < -0.39 is 12.1 Å². The van der Waals surface area contributed by atoms with Crippen molar-refractivity contribution in [3.05, 3.63) is 28.6 Å². The van der Waals surface area contributed by atoms with Crippen molar-refractivity contribution in [2.24, 2.45) is 0 Å². The molecule has 148 valence electrons. The van der Waals surface area contributed by atoms with Crippen LogP contribution in [0.3, 0.4) is 0 Å². The molecule has 9 heteroatoms. The van der Waals surface area contributed by atoms with Gasteiger partial charge in [0, 0.05) is 11.9 Å². The molecule has 3 atom stereocenters. The lowest BCUT2D eigenvalue weighted by atomic mass is 10.1. The van der Waals surface area contributed by atoms with Gasteiger partial charge in [0.2, 0.25) is 5.91 Å². The number of carbonyl (C=O) groups excluding carboxylic acids is 3. The van der Waals surface area contributed by atoms with E-state index in [1.165, 1.54) is 11.3 Å². The maximum absolute atomic E-state index is 13.1. The number of hydrogen-bond acceptors (Lipinski definition) is 7. The van der Waals surface area contributed by atoms with Crippen LogP contribution < -0.4 is 5.32 Å². The number of thiophene rings is 1. The van der Waals surface area contributed by atoms with E-state index in [0.29, 0.717) is 25.1 Å². The summed E-state index contributed by atoms with van der Waals surface area (Å²) in [7, 11) is 0. The smallest absolute Gasteiger partial charge is 0.271 e. The summed E-state index contributed by atoms with van der Waals surface area (Å²) in [6.07, 6.45) is 1.70. The molecular weight excluding hydrogens is 398 g/mol. The summed E-state index contributed by atoms with van der Waals surface area (Å²) in [6.45, 7) is 2.50. The summed E-state index contributed by atoms with van der Waals surface area (Å²) in [4.78, 5) is 44.9. The van der Waals surface area contributed by atoms with Gasteiger partial charge in [-0.2, -0.15) is 0 Å². The Hall–Kier alpha value is -2.10. The van der Waals surface area contributed by atoms with Crippen molar-refractivity contribution in [3.8, 4) is 9.88 Å². The third kappa shape index (κ3) is 3.61. The Morgan fingerprint density at radius 2 is 2.29 bits per heavy atom. The predicted molar refractivity (Wildman–Crippen MR) is 106 cm³/mol. The fourth-order valence-corrected chi connectivity index (χ4v) is 5.33. The monoisotopic (exact) mass is 419 g/mol. The quantitative estimate of drug-likeness (QED) is 0.776. The highest BCUT2D eigenvalue weighted by molar-refractivity contribution is 7.20. The fraction of sp³-hybridized carbons (Fsp3) is 0.474. The summed E-state index contributed by atoms with van der Waals surface area (Å²) in [6, 6.07) is 2.72. The number of thiazole rings is 1. The van der Waals surface area contributed by atoms with Crippen molar-refractivity contribution in [1.29, 1.82) is 0 Å². The maximum Gasteiger partial charge on any atom is 0.271 e. The molecule has 3 unspecified atom stereocenters. The molecule has 0 aliphatic carbocycles.